The molecule has 216 valence electrons. The summed E-state index contributed by atoms with van der Waals surface area (Å²) < 4.78 is 31.1. The fraction of sp³-hybridized carbons (Fsp3) is 0.519. The molecule has 1 aromatic rings. The van der Waals surface area contributed by atoms with Crippen LogP contribution in [0.2, 0.25) is 0 Å². The molecule has 0 bridgehead atoms. The summed E-state index contributed by atoms with van der Waals surface area (Å²) in [5.74, 6) is -5.52. The van der Waals surface area contributed by atoms with E-state index in [0.29, 0.717) is 0 Å². The Hall–Kier alpha value is -3.83. The smallest absolute Gasteiger partial charge is 0.408 e. The van der Waals surface area contributed by atoms with Gasteiger partial charge in [0.05, 0.1) is 0 Å². The molecule has 0 aliphatic carbocycles. The number of hydrogen-bond acceptors (Lipinski definition) is 6. The summed E-state index contributed by atoms with van der Waals surface area (Å²) >= 11 is 0. The number of carboxylic acids is 1. The maximum atomic E-state index is 13.2. The molecule has 10 nitrogen and oxygen atoms in total. The molecule has 0 aliphatic rings. The summed E-state index contributed by atoms with van der Waals surface area (Å²) in [6, 6.07) is 4.70. The van der Waals surface area contributed by atoms with Gasteiger partial charge in [-0.1, -0.05) is 56.3 Å². The monoisotopic (exact) mass is 553 g/mol. The highest BCUT2D eigenvalue weighted by Gasteiger charge is 2.33. The summed E-state index contributed by atoms with van der Waals surface area (Å²) in [6.45, 7) is 8.42. The molecule has 0 saturated carbocycles. The number of alkyl carbamates (subject to hydrolysis) is 1. The Morgan fingerprint density at radius 3 is 1.97 bits per heavy atom. The number of aliphatic carboxylic acids is 1. The van der Waals surface area contributed by atoms with E-state index < -0.39 is 66.2 Å². The van der Waals surface area contributed by atoms with Crippen LogP contribution in [0.15, 0.2) is 36.4 Å². The number of Topliss-reactive ketones (excluding diaryl/α,β-unsaturated/α-hetero) is 1. The van der Waals surface area contributed by atoms with Crippen LogP contribution in [-0.2, 0) is 23.9 Å². The predicted octanol–water partition coefficient (Wildman–Crippen LogP) is 3.31. The topological polar surface area (TPSA) is 151 Å². The van der Waals surface area contributed by atoms with Gasteiger partial charge in [-0.15, -0.1) is 0 Å². The van der Waals surface area contributed by atoms with Gasteiger partial charge in [-0.2, -0.15) is 0 Å². The minimum absolute atomic E-state index is 0.0154. The van der Waals surface area contributed by atoms with E-state index in [-0.39, 0.29) is 18.8 Å². The van der Waals surface area contributed by atoms with Crippen molar-refractivity contribution in [1.29, 1.82) is 0 Å². The Labute approximate surface area is 226 Å². The first-order valence-corrected chi connectivity index (χ1v) is 12.5. The van der Waals surface area contributed by atoms with Gasteiger partial charge < -0.3 is 25.8 Å². The second-order valence-corrected chi connectivity index (χ2v) is 10.3. The molecule has 0 spiro atoms. The highest BCUT2D eigenvalue weighted by atomic mass is 19.3. The standard InChI is InChI=1S/C27H37F2N3O7/c1-16(2)14-20(24(35)30-19(15-21(28)29)22(33)25(36)37)31-23(34)18(32-26(38)39-27(3,4)5)13-9-12-17-10-7-6-8-11-17/h6-12,16,18-21H,13-15H2,1-5H3,(H,30,35)(H,31,34)(H,32,38)(H,36,37)/b12-9+. The molecule has 3 amide bonds. The van der Waals surface area contributed by atoms with Crippen molar-refractivity contribution in [3.05, 3.63) is 42.0 Å². The number of carboxylic acid groups (broad SMARTS) is 1. The van der Waals surface area contributed by atoms with Gasteiger partial charge in [0, 0.05) is 6.42 Å². The number of amides is 3. The summed E-state index contributed by atoms with van der Waals surface area (Å²) in [4.78, 5) is 61.5. The molecule has 3 atom stereocenters. The van der Waals surface area contributed by atoms with Gasteiger partial charge in [-0.3, -0.25) is 14.4 Å². The van der Waals surface area contributed by atoms with Gasteiger partial charge in [0.1, 0.15) is 23.7 Å². The average molecular weight is 554 g/mol. The summed E-state index contributed by atoms with van der Waals surface area (Å²) in [6.07, 6.45) is -1.69. The molecular formula is C27H37F2N3O7. The first-order valence-electron chi connectivity index (χ1n) is 12.5. The summed E-state index contributed by atoms with van der Waals surface area (Å²) in [5.41, 5.74) is 0.000651. The number of benzene rings is 1. The highest BCUT2D eigenvalue weighted by molar-refractivity contribution is 6.35. The molecule has 4 N–H and O–H groups in total. The molecule has 1 rings (SSSR count). The number of rotatable bonds is 14. The van der Waals surface area contributed by atoms with Gasteiger partial charge in [-0.05, 0) is 45.1 Å². The maximum absolute atomic E-state index is 13.2. The molecule has 0 aromatic heterocycles. The fourth-order valence-corrected chi connectivity index (χ4v) is 3.39. The normalized spacial score (nSPS) is 14.0. The predicted molar refractivity (Wildman–Crippen MR) is 140 cm³/mol. The number of carbonyl (C=O) groups excluding carboxylic acids is 4. The third-order valence-corrected chi connectivity index (χ3v) is 5.09. The second kappa shape index (κ2) is 15.6. The van der Waals surface area contributed by atoms with Gasteiger partial charge in [0.2, 0.25) is 18.2 Å². The van der Waals surface area contributed by atoms with E-state index in [1.165, 1.54) is 0 Å². The van der Waals surface area contributed by atoms with Crippen molar-refractivity contribution < 1.29 is 42.6 Å². The quantitative estimate of drug-likeness (QED) is 0.258. The zero-order chi connectivity index (χ0) is 29.8. The Morgan fingerprint density at radius 2 is 1.46 bits per heavy atom. The van der Waals surface area contributed by atoms with E-state index in [4.69, 9.17) is 9.84 Å². The molecule has 12 heteroatoms. The zero-order valence-corrected chi connectivity index (χ0v) is 22.7. The number of nitrogens with one attached hydrogen (secondary N) is 3. The molecule has 0 aliphatic heterocycles. The zero-order valence-electron chi connectivity index (χ0n) is 22.7. The Balaban J connectivity index is 3.14. The van der Waals surface area contributed by atoms with Crippen LogP contribution in [0.5, 0.6) is 0 Å². The minimum Gasteiger partial charge on any atom is -0.475 e. The van der Waals surface area contributed by atoms with Crippen LogP contribution in [0.3, 0.4) is 0 Å². The van der Waals surface area contributed by atoms with Crippen LogP contribution in [0.1, 0.15) is 59.4 Å². The molecular weight excluding hydrogens is 516 g/mol. The Morgan fingerprint density at radius 1 is 0.897 bits per heavy atom. The number of ketones is 1. The Kier molecular flexibility index (Phi) is 13.2. The highest BCUT2D eigenvalue weighted by Crippen LogP contribution is 2.12. The van der Waals surface area contributed by atoms with Crippen LogP contribution < -0.4 is 16.0 Å². The van der Waals surface area contributed by atoms with E-state index in [0.717, 1.165) is 5.56 Å². The van der Waals surface area contributed by atoms with E-state index in [9.17, 15) is 32.8 Å². The Bertz CT molecular complexity index is 1020. The summed E-state index contributed by atoms with van der Waals surface area (Å²) in [5, 5.41) is 15.9. The molecule has 0 saturated heterocycles. The first-order chi connectivity index (χ1) is 18.1. The second-order valence-electron chi connectivity index (χ2n) is 10.3. The number of alkyl halides is 2. The van der Waals surface area contributed by atoms with Gasteiger partial charge in [0.15, 0.2) is 0 Å². The van der Waals surface area contributed by atoms with E-state index in [1.807, 2.05) is 35.6 Å². The van der Waals surface area contributed by atoms with Crippen molar-refractivity contribution in [1.82, 2.24) is 16.0 Å². The molecule has 0 heterocycles. The number of hydrogen-bond donors (Lipinski definition) is 4. The van der Waals surface area contributed by atoms with Crippen LogP contribution in [0, 0.1) is 5.92 Å². The largest absolute Gasteiger partial charge is 0.475 e. The van der Waals surface area contributed by atoms with Crippen molar-refractivity contribution in [2.24, 2.45) is 5.92 Å². The third-order valence-electron chi connectivity index (χ3n) is 5.09. The van der Waals surface area contributed by atoms with Crippen LogP contribution >= 0.6 is 0 Å². The third kappa shape index (κ3) is 13.5. The maximum Gasteiger partial charge on any atom is 0.408 e. The van der Waals surface area contributed by atoms with Crippen molar-refractivity contribution >= 4 is 35.7 Å². The molecule has 0 fully saturated rings. The fourth-order valence-electron chi connectivity index (χ4n) is 3.39. The van der Waals surface area contributed by atoms with Crippen LogP contribution in [0.4, 0.5) is 13.6 Å². The van der Waals surface area contributed by atoms with Crippen molar-refractivity contribution in [2.45, 2.75) is 84.0 Å². The molecule has 39 heavy (non-hydrogen) atoms. The SMILES string of the molecule is CC(C)CC(NC(=O)C(C/C=C/c1ccccc1)NC(=O)OC(C)(C)C)C(=O)NC(CC(F)F)C(=O)C(=O)O. The average Bonchev–Trinajstić information content (AvgIpc) is 2.80. The van der Waals surface area contributed by atoms with Crippen molar-refractivity contribution in [3.8, 4) is 0 Å². The van der Waals surface area contributed by atoms with Gasteiger partial charge in [-0.25, -0.2) is 18.4 Å². The van der Waals surface area contributed by atoms with E-state index in [1.54, 1.807) is 46.8 Å². The molecule has 0 radical (unpaired) electrons. The van der Waals surface area contributed by atoms with Crippen molar-refractivity contribution in [3.63, 3.8) is 0 Å². The lowest BCUT2D eigenvalue weighted by molar-refractivity contribution is -0.151. The minimum atomic E-state index is -3.06. The first kappa shape index (κ1) is 33.2. The van der Waals surface area contributed by atoms with Crippen molar-refractivity contribution in [2.75, 3.05) is 0 Å². The summed E-state index contributed by atoms with van der Waals surface area (Å²) in [7, 11) is 0. The van der Waals surface area contributed by atoms with Gasteiger partial charge >= 0.3 is 12.1 Å². The lowest BCUT2D eigenvalue weighted by Gasteiger charge is -2.26. The van der Waals surface area contributed by atoms with Gasteiger partial charge in [0.25, 0.3) is 5.78 Å². The van der Waals surface area contributed by atoms with Crippen LogP contribution in [0.25, 0.3) is 6.08 Å². The molecule has 1 aromatic carbocycles. The lowest BCUT2D eigenvalue weighted by atomic mass is 10.0. The lowest BCUT2D eigenvalue weighted by Crippen LogP contribution is -2.56. The van der Waals surface area contributed by atoms with E-state index in [2.05, 4.69) is 10.6 Å². The number of halogens is 2. The number of ether oxygens (including phenoxy) is 1. The van der Waals surface area contributed by atoms with E-state index >= 15 is 0 Å². The number of carbonyl (C=O) groups is 5. The van der Waals surface area contributed by atoms with Crippen LogP contribution in [-0.4, -0.2) is 64.9 Å². The molecule has 3 unspecified atom stereocenters.